The van der Waals surface area contributed by atoms with Gasteiger partial charge in [0.2, 0.25) is 5.91 Å². The summed E-state index contributed by atoms with van der Waals surface area (Å²) in [5.74, 6) is -0.351. The van der Waals surface area contributed by atoms with Crippen molar-refractivity contribution in [1.29, 1.82) is 0 Å². The van der Waals surface area contributed by atoms with Crippen molar-refractivity contribution in [2.45, 2.75) is 6.92 Å². The number of carbonyl (C=O) groups is 2. The molecule has 2 aromatic rings. The zero-order valence-electron chi connectivity index (χ0n) is 12.8. The molecular formula is C17H18N4O2. The van der Waals surface area contributed by atoms with Gasteiger partial charge in [0.15, 0.2) is 0 Å². The van der Waals surface area contributed by atoms with Crippen LogP contribution in [0.4, 0.5) is 17.1 Å². The van der Waals surface area contributed by atoms with Crippen molar-refractivity contribution < 1.29 is 9.59 Å². The molecule has 1 aromatic heterocycles. The lowest BCUT2D eigenvalue weighted by Gasteiger charge is -2.08. The molecule has 6 nitrogen and oxygen atoms in total. The van der Waals surface area contributed by atoms with Crippen LogP contribution in [-0.2, 0) is 4.79 Å². The summed E-state index contributed by atoms with van der Waals surface area (Å²) >= 11 is 0. The van der Waals surface area contributed by atoms with Gasteiger partial charge in [-0.25, -0.2) is 4.98 Å². The average molecular weight is 310 g/mol. The minimum Gasteiger partial charge on any atom is -0.354 e. The normalized spacial score (nSPS) is 9.78. The predicted octanol–water partition coefficient (Wildman–Crippen LogP) is 2.70. The number of anilines is 3. The van der Waals surface area contributed by atoms with Gasteiger partial charge in [0.25, 0.3) is 5.91 Å². The van der Waals surface area contributed by atoms with Crippen LogP contribution in [0, 0.1) is 0 Å². The Bertz CT molecular complexity index is 694. The van der Waals surface area contributed by atoms with Gasteiger partial charge in [-0.15, -0.1) is 6.58 Å². The van der Waals surface area contributed by atoms with E-state index in [1.165, 1.54) is 6.92 Å². The predicted molar refractivity (Wildman–Crippen MR) is 90.8 cm³/mol. The molecule has 0 fully saturated rings. The third-order valence-corrected chi connectivity index (χ3v) is 2.90. The molecule has 23 heavy (non-hydrogen) atoms. The van der Waals surface area contributed by atoms with Crippen LogP contribution >= 0.6 is 0 Å². The highest BCUT2D eigenvalue weighted by molar-refractivity contribution is 5.92. The summed E-state index contributed by atoms with van der Waals surface area (Å²) < 4.78 is 0. The lowest BCUT2D eigenvalue weighted by molar-refractivity contribution is -0.114. The third-order valence-electron chi connectivity index (χ3n) is 2.90. The monoisotopic (exact) mass is 310 g/mol. The van der Waals surface area contributed by atoms with E-state index >= 15 is 0 Å². The van der Waals surface area contributed by atoms with Gasteiger partial charge in [0.1, 0.15) is 5.69 Å². The summed E-state index contributed by atoms with van der Waals surface area (Å²) in [6, 6.07) is 10.7. The van der Waals surface area contributed by atoms with Crippen LogP contribution < -0.4 is 16.0 Å². The summed E-state index contributed by atoms with van der Waals surface area (Å²) in [6.45, 7) is 5.41. The lowest BCUT2D eigenvalue weighted by Crippen LogP contribution is -2.24. The molecule has 0 spiro atoms. The van der Waals surface area contributed by atoms with Crippen LogP contribution in [0.1, 0.15) is 17.4 Å². The average Bonchev–Trinajstić information content (AvgIpc) is 2.54. The van der Waals surface area contributed by atoms with Gasteiger partial charge in [-0.2, -0.15) is 0 Å². The highest BCUT2D eigenvalue weighted by Gasteiger charge is 2.05. The van der Waals surface area contributed by atoms with Crippen molar-refractivity contribution >= 4 is 28.9 Å². The Hall–Kier alpha value is -3.15. The van der Waals surface area contributed by atoms with Gasteiger partial charge in [-0.3, -0.25) is 9.59 Å². The zero-order valence-corrected chi connectivity index (χ0v) is 12.8. The molecule has 0 atom stereocenters. The number of hydrogen-bond donors (Lipinski definition) is 3. The first-order valence-electron chi connectivity index (χ1n) is 7.08. The Balaban J connectivity index is 1.99. The molecule has 0 bridgehead atoms. The van der Waals surface area contributed by atoms with Gasteiger partial charge in [-0.1, -0.05) is 6.08 Å². The Morgan fingerprint density at radius 3 is 2.30 bits per heavy atom. The molecular weight excluding hydrogens is 292 g/mol. The maximum absolute atomic E-state index is 11.7. The fourth-order valence-electron chi connectivity index (χ4n) is 1.86. The van der Waals surface area contributed by atoms with Crippen LogP contribution in [0.3, 0.4) is 0 Å². The summed E-state index contributed by atoms with van der Waals surface area (Å²) in [6.07, 6.45) is 3.20. The Labute approximate surface area is 134 Å². The van der Waals surface area contributed by atoms with E-state index in [0.717, 1.165) is 17.1 Å². The van der Waals surface area contributed by atoms with E-state index in [4.69, 9.17) is 0 Å². The number of benzene rings is 1. The lowest BCUT2D eigenvalue weighted by atomic mass is 10.2. The van der Waals surface area contributed by atoms with Gasteiger partial charge < -0.3 is 16.0 Å². The van der Waals surface area contributed by atoms with E-state index < -0.39 is 0 Å². The number of carbonyl (C=O) groups excluding carboxylic acids is 2. The van der Waals surface area contributed by atoms with E-state index in [-0.39, 0.29) is 11.8 Å². The molecule has 0 unspecified atom stereocenters. The number of aromatic nitrogens is 1. The van der Waals surface area contributed by atoms with Crippen LogP contribution in [0.25, 0.3) is 0 Å². The molecule has 0 saturated heterocycles. The van der Waals surface area contributed by atoms with E-state index in [9.17, 15) is 9.59 Å². The maximum atomic E-state index is 11.7. The van der Waals surface area contributed by atoms with Gasteiger partial charge in [-0.05, 0) is 36.4 Å². The summed E-state index contributed by atoms with van der Waals surface area (Å²) in [5.41, 5.74) is 2.69. The minimum absolute atomic E-state index is 0.111. The first-order valence-corrected chi connectivity index (χ1v) is 7.08. The topological polar surface area (TPSA) is 83.1 Å². The fraction of sp³-hybridized carbons (Fsp3) is 0.118. The molecule has 0 saturated carbocycles. The Morgan fingerprint density at radius 1 is 1.09 bits per heavy atom. The Morgan fingerprint density at radius 2 is 1.74 bits per heavy atom. The second-order valence-corrected chi connectivity index (χ2v) is 4.81. The molecule has 0 aliphatic carbocycles. The molecule has 1 aromatic carbocycles. The second-order valence-electron chi connectivity index (χ2n) is 4.81. The largest absolute Gasteiger partial charge is 0.354 e. The third kappa shape index (κ3) is 4.96. The number of pyridine rings is 1. The minimum atomic E-state index is -0.240. The molecule has 3 N–H and O–H groups in total. The highest BCUT2D eigenvalue weighted by Crippen LogP contribution is 2.18. The first-order chi connectivity index (χ1) is 11.1. The second kappa shape index (κ2) is 7.74. The SMILES string of the molecule is C=CCNC(=O)c1ccc(Nc2ccc(NC(C)=O)cc2)cn1. The molecule has 0 radical (unpaired) electrons. The molecule has 2 rings (SSSR count). The van der Waals surface area contributed by atoms with E-state index in [1.54, 1.807) is 36.5 Å². The van der Waals surface area contributed by atoms with Crippen molar-refractivity contribution in [2.75, 3.05) is 17.2 Å². The molecule has 1 heterocycles. The molecule has 0 aliphatic rings. The van der Waals surface area contributed by atoms with Crippen LogP contribution in [0.2, 0.25) is 0 Å². The van der Waals surface area contributed by atoms with Crippen molar-refractivity contribution in [3.05, 3.63) is 60.9 Å². The maximum Gasteiger partial charge on any atom is 0.270 e. The standard InChI is InChI=1S/C17H18N4O2/c1-3-10-18-17(23)16-9-8-15(11-19-16)21-14-6-4-13(5-7-14)20-12(2)22/h3-9,11,21H,1,10H2,2H3,(H,18,23)(H,20,22). The number of nitrogens with zero attached hydrogens (tertiary/aromatic N) is 1. The van der Waals surface area contributed by atoms with Crippen molar-refractivity contribution in [2.24, 2.45) is 0 Å². The smallest absolute Gasteiger partial charge is 0.270 e. The van der Waals surface area contributed by atoms with E-state index in [0.29, 0.717) is 12.2 Å². The van der Waals surface area contributed by atoms with Crippen molar-refractivity contribution in [1.82, 2.24) is 10.3 Å². The molecule has 118 valence electrons. The highest BCUT2D eigenvalue weighted by atomic mass is 16.2. The number of hydrogen-bond acceptors (Lipinski definition) is 4. The molecule has 6 heteroatoms. The van der Waals surface area contributed by atoms with E-state index in [1.807, 2.05) is 12.1 Å². The van der Waals surface area contributed by atoms with Crippen LogP contribution in [0.15, 0.2) is 55.3 Å². The summed E-state index contributed by atoms with van der Waals surface area (Å²) in [5, 5.41) is 8.54. The van der Waals surface area contributed by atoms with Gasteiger partial charge >= 0.3 is 0 Å². The van der Waals surface area contributed by atoms with Gasteiger partial charge in [0, 0.05) is 24.8 Å². The van der Waals surface area contributed by atoms with Crippen molar-refractivity contribution in [3.8, 4) is 0 Å². The van der Waals surface area contributed by atoms with Crippen LogP contribution in [-0.4, -0.2) is 23.3 Å². The molecule has 0 aliphatic heterocycles. The fourth-order valence-corrected chi connectivity index (χ4v) is 1.86. The van der Waals surface area contributed by atoms with Crippen LogP contribution in [0.5, 0.6) is 0 Å². The van der Waals surface area contributed by atoms with Gasteiger partial charge in [0.05, 0.1) is 11.9 Å². The van der Waals surface area contributed by atoms with E-state index in [2.05, 4.69) is 27.5 Å². The quantitative estimate of drug-likeness (QED) is 0.716. The summed E-state index contributed by atoms with van der Waals surface area (Å²) in [7, 11) is 0. The number of rotatable bonds is 6. The summed E-state index contributed by atoms with van der Waals surface area (Å²) in [4.78, 5) is 26.8. The molecule has 2 amide bonds. The first kappa shape index (κ1) is 16.2. The zero-order chi connectivity index (χ0) is 16.7. The number of amides is 2. The number of nitrogens with one attached hydrogen (secondary N) is 3. The Kier molecular flexibility index (Phi) is 5.46. The van der Waals surface area contributed by atoms with Crippen molar-refractivity contribution in [3.63, 3.8) is 0 Å².